The van der Waals surface area contributed by atoms with Crippen LogP contribution >= 0.6 is 8.58 Å². The summed E-state index contributed by atoms with van der Waals surface area (Å²) in [7, 11) is 0.194. The minimum atomic E-state index is 0. The molecule has 3 heteroatoms. The molecule has 118 valence electrons. The Balaban J connectivity index is 0.00000264. The van der Waals surface area contributed by atoms with Gasteiger partial charge in [-0.15, -0.1) is 0 Å². The van der Waals surface area contributed by atoms with Gasteiger partial charge in [0.15, 0.2) is 5.52 Å². The van der Waals surface area contributed by atoms with E-state index in [9.17, 15) is 4.79 Å². The van der Waals surface area contributed by atoms with Crippen LogP contribution in [0.1, 0.15) is 53.4 Å². The van der Waals surface area contributed by atoms with Gasteiger partial charge in [-0.3, -0.25) is 4.79 Å². The number of rotatable bonds is 3. The zero-order valence-electron chi connectivity index (χ0n) is 14.4. The first-order valence-electron chi connectivity index (χ1n) is 7.68. The number of aryl methyl sites for hydroxylation is 3. The second kappa shape index (κ2) is 7.81. The monoisotopic (exact) mass is 320 g/mol. The van der Waals surface area contributed by atoms with Gasteiger partial charge < -0.3 is 0 Å². The fraction of sp³-hybridized carbons (Fsp3) is 0.350. The number of hydrogen-bond acceptors (Lipinski definition) is 1. The Bertz CT molecular complexity index is 674. The van der Waals surface area contributed by atoms with Gasteiger partial charge in [0.05, 0.1) is 0 Å². The predicted octanol–water partition coefficient (Wildman–Crippen LogP) is 4.41. The van der Waals surface area contributed by atoms with Gasteiger partial charge in [0, 0.05) is 5.56 Å². The summed E-state index contributed by atoms with van der Waals surface area (Å²) in [5.74, 6) is 0. The Kier molecular flexibility index (Phi) is 6.85. The van der Waals surface area contributed by atoms with Gasteiger partial charge in [0.25, 0.3) is 0 Å². The van der Waals surface area contributed by atoms with E-state index in [1.54, 1.807) is 0 Å². The zero-order valence-corrected chi connectivity index (χ0v) is 15.4. The molecule has 2 aromatic rings. The standard InChI is InChI=1S/C20H25OP.Li.H/c1-13-11-14(2)18(15(3)12-13)22-19(21)16-7-9-17(10-8-16)20(4,5)6;;/h7-12,22H,1-6H3;;. The molecule has 1 atom stereocenters. The van der Waals surface area contributed by atoms with Crippen LogP contribution in [-0.4, -0.2) is 24.4 Å². The summed E-state index contributed by atoms with van der Waals surface area (Å²) < 4.78 is 0. The van der Waals surface area contributed by atoms with E-state index in [0.29, 0.717) is 0 Å². The van der Waals surface area contributed by atoms with Crippen LogP contribution in [0.4, 0.5) is 0 Å². The molecule has 23 heavy (non-hydrogen) atoms. The van der Waals surface area contributed by atoms with Gasteiger partial charge in [0.2, 0.25) is 0 Å². The molecule has 0 aliphatic carbocycles. The second-order valence-electron chi connectivity index (χ2n) is 7.06. The van der Waals surface area contributed by atoms with Crippen LogP contribution in [0.3, 0.4) is 0 Å². The molecule has 1 nitrogen and oxygen atoms in total. The topological polar surface area (TPSA) is 17.1 Å². The Morgan fingerprint density at radius 2 is 1.39 bits per heavy atom. The molecule has 0 fully saturated rings. The van der Waals surface area contributed by atoms with Crippen LogP contribution in [0.15, 0.2) is 36.4 Å². The third kappa shape index (κ3) is 5.05. The second-order valence-corrected chi connectivity index (χ2v) is 8.26. The molecule has 0 aromatic heterocycles. The molecule has 0 aliphatic heterocycles. The van der Waals surface area contributed by atoms with Gasteiger partial charge in [-0.1, -0.05) is 62.7 Å². The van der Waals surface area contributed by atoms with Crippen LogP contribution in [-0.2, 0) is 5.41 Å². The maximum absolute atomic E-state index is 12.6. The van der Waals surface area contributed by atoms with Crippen LogP contribution in [0.5, 0.6) is 0 Å². The Labute approximate surface area is 154 Å². The third-order valence-corrected chi connectivity index (χ3v) is 5.48. The van der Waals surface area contributed by atoms with Crippen molar-refractivity contribution in [2.45, 2.75) is 47.0 Å². The molecule has 0 bridgehead atoms. The van der Waals surface area contributed by atoms with Crippen LogP contribution in [0.2, 0.25) is 0 Å². The Hall–Kier alpha value is -0.863. The van der Waals surface area contributed by atoms with Crippen molar-refractivity contribution in [3.05, 3.63) is 64.2 Å². The summed E-state index contributed by atoms with van der Waals surface area (Å²) in [6.07, 6.45) is 0. The van der Waals surface area contributed by atoms with Crippen molar-refractivity contribution in [1.82, 2.24) is 0 Å². The van der Waals surface area contributed by atoms with Crippen molar-refractivity contribution in [3.8, 4) is 0 Å². The number of carbonyl (C=O) groups excluding carboxylic acids is 1. The van der Waals surface area contributed by atoms with Gasteiger partial charge in [-0.25, -0.2) is 0 Å². The number of benzene rings is 2. The summed E-state index contributed by atoms with van der Waals surface area (Å²) in [6.45, 7) is 12.8. The van der Waals surface area contributed by atoms with Gasteiger partial charge in [0.1, 0.15) is 0 Å². The molecule has 2 aromatic carbocycles. The minimum absolute atomic E-state index is 0. The van der Waals surface area contributed by atoms with Crippen molar-refractivity contribution < 1.29 is 4.79 Å². The normalized spacial score (nSPS) is 11.6. The Morgan fingerprint density at radius 3 is 1.83 bits per heavy atom. The molecular formula is C20H26LiOP. The Morgan fingerprint density at radius 1 is 0.913 bits per heavy atom. The zero-order chi connectivity index (χ0) is 16.5. The molecule has 0 aliphatic rings. The average molecular weight is 320 g/mol. The summed E-state index contributed by atoms with van der Waals surface area (Å²) in [5.41, 5.74) is 6.10. The average Bonchev–Trinajstić information content (AvgIpc) is 2.41. The molecule has 2 rings (SSSR count). The predicted molar refractivity (Wildman–Crippen MR) is 105 cm³/mol. The fourth-order valence-electron chi connectivity index (χ4n) is 2.68. The first-order chi connectivity index (χ1) is 10.2. The van der Waals surface area contributed by atoms with Crippen molar-refractivity contribution in [2.24, 2.45) is 0 Å². The summed E-state index contributed by atoms with van der Waals surface area (Å²) >= 11 is 0. The van der Waals surface area contributed by atoms with E-state index >= 15 is 0 Å². The van der Waals surface area contributed by atoms with Crippen molar-refractivity contribution in [2.75, 3.05) is 0 Å². The van der Waals surface area contributed by atoms with Crippen molar-refractivity contribution in [1.29, 1.82) is 0 Å². The summed E-state index contributed by atoms with van der Waals surface area (Å²) in [4.78, 5) is 12.6. The molecule has 0 heterocycles. The summed E-state index contributed by atoms with van der Waals surface area (Å²) in [6, 6.07) is 12.4. The number of carbonyl (C=O) groups is 1. The van der Waals surface area contributed by atoms with Crippen LogP contribution < -0.4 is 5.30 Å². The fourth-order valence-corrected chi connectivity index (χ4v) is 3.76. The van der Waals surface area contributed by atoms with Crippen LogP contribution in [0, 0.1) is 20.8 Å². The molecule has 0 radical (unpaired) electrons. The molecule has 0 saturated heterocycles. The van der Waals surface area contributed by atoms with Crippen molar-refractivity contribution >= 4 is 38.3 Å². The van der Waals surface area contributed by atoms with E-state index in [0.717, 1.165) is 5.56 Å². The molecular weight excluding hydrogens is 294 g/mol. The molecule has 0 spiro atoms. The van der Waals surface area contributed by atoms with E-state index in [-0.39, 0.29) is 38.4 Å². The first kappa shape index (κ1) is 20.2. The van der Waals surface area contributed by atoms with E-state index in [1.807, 2.05) is 12.1 Å². The number of hydrogen-bond donors (Lipinski definition) is 0. The SMILES string of the molecule is Cc1cc(C)c(PC(=O)c2ccc(C(C)(C)C)cc2)c(C)c1.[LiH]. The third-order valence-electron chi connectivity index (χ3n) is 3.93. The van der Waals surface area contributed by atoms with Gasteiger partial charge >= 0.3 is 18.9 Å². The molecule has 1 unspecified atom stereocenters. The van der Waals surface area contributed by atoms with E-state index < -0.39 is 0 Å². The molecule has 0 N–H and O–H groups in total. The van der Waals surface area contributed by atoms with Gasteiger partial charge in [-0.2, -0.15) is 0 Å². The molecule has 0 amide bonds. The summed E-state index contributed by atoms with van der Waals surface area (Å²) in [5, 5.41) is 1.19. The van der Waals surface area contributed by atoms with E-state index in [1.165, 1.54) is 27.6 Å². The van der Waals surface area contributed by atoms with E-state index in [4.69, 9.17) is 0 Å². The molecule has 0 saturated carbocycles. The first-order valence-corrected chi connectivity index (χ1v) is 8.68. The van der Waals surface area contributed by atoms with Crippen LogP contribution in [0.25, 0.3) is 0 Å². The van der Waals surface area contributed by atoms with Gasteiger partial charge in [-0.05, 0) is 56.8 Å². The quantitative estimate of drug-likeness (QED) is 0.605. The maximum atomic E-state index is 12.6. The van der Waals surface area contributed by atoms with Crippen molar-refractivity contribution in [3.63, 3.8) is 0 Å². The van der Waals surface area contributed by atoms with E-state index in [2.05, 4.69) is 65.8 Å².